The van der Waals surface area contributed by atoms with E-state index in [1.165, 1.54) is 12.8 Å². The van der Waals surface area contributed by atoms with Gasteiger partial charge in [-0.05, 0) is 43.5 Å². The van der Waals surface area contributed by atoms with E-state index in [2.05, 4.69) is 10.3 Å². The van der Waals surface area contributed by atoms with Crippen molar-refractivity contribution in [3.8, 4) is 17.2 Å². The Labute approximate surface area is 125 Å². The number of methoxy groups -OCH3 is 1. The normalized spacial score (nSPS) is 14.0. The second kappa shape index (κ2) is 6.14. The molecule has 1 N–H and O–H groups in total. The van der Waals surface area contributed by atoms with E-state index in [1.807, 2.05) is 37.4 Å². The molecule has 3 rings (SSSR count). The Balaban J connectivity index is 1.80. The van der Waals surface area contributed by atoms with Crippen molar-refractivity contribution in [2.75, 3.05) is 7.11 Å². The Morgan fingerprint density at radius 3 is 2.81 bits per heavy atom. The third-order valence-corrected chi connectivity index (χ3v) is 3.56. The minimum atomic E-state index is 0.659. The van der Waals surface area contributed by atoms with E-state index in [1.54, 1.807) is 13.3 Å². The van der Waals surface area contributed by atoms with Gasteiger partial charge in [-0.2, -0.15) is 0 Å². The van der Waals surface area contributed by atoms with E-state index < -0.39 is 0 Å². The maximum Gasteiger partial charge on any atom is 0.169 e. The molecule has 21 heavy (non-hydrogen) atoms. The molecule has 4 heteroatoms. The fraction of sp³-hybridized carbons (Fsp3) is 0.353. The first-order valence-corrected chi connectivity index (χ1v) is 7.25. The molecule has 1 aromatic heterocycles. The smallest absolute Gasteiger partial charge is 0.169 e. The van der Waals surface area contributed by atoms with Crippen molar-refractivity contribution in [3.05, 3.63) is 47.8 Å². The molecule has 0 spiro atoms. The van der Waals surface area contributed by atoms with Crippen LogP contribution in [0.3, 0.4) is 0 Å². The maximum absolute atomic E-state index is 6.03. The van der Waals surface area contributed by atoms with Gasteiger partial charge in [0, 0.05) is 30.5 Å². The second-order valence-electron chi connectivity index (χ2n) is 5.39. The van der Waals surface area contributed by atoms with E-state index in [4.69, 9.17) is 9.47 Å². The van der Waals surface area contributed by atoms with E-state index in [-0.39, 0.29) is 0 Å². The summed E-state index contributed by atoms with van der Waals surface area (Å²) in [6.07, 6.45) is 6.13. The first kappa shape index (κ1) is 13.9. The highest BCUT2D eigenvalue weighted by Gasteiger charge is 2.20. The summed E-state index contributed by atoms with van der Waals surface area (Å²) in [5.74, 6) is 2.29. The predicted molar refractivity (Wildman–Crippen MR) is 81.9 cm³/mol. The molecule has 4 nitrogen and oxygen atoms in total. The lowest BCUT2D eigenvalue weighted by Gasteiger charge is -2.14. The molecule has 0 atom stereocenters. The monoisotopic (exact) mass is 284 g/mol. The molecule has 0 bridgehead atoms. The first-order chi connectivity index (χ1) is 10.3. The van der Waals surface area contributed by atoms with Gasteiger partial charge in [0.1, 0.15) is 5.75 Å². The molecule has 1 saturated carbocycles. The molecule has 0 aliphatic heterocycles. The Bertz CT molecular complexity index is 624. The van der Waals surface area contributed by atoms with Crippen molar-refractivity contribution in [3.63, 3.8) is 0 Å². The van der Waals surface area contributed by atoms with E-state index in [9.17, 15) is 0 Å². The third kappa shape index (κ3) is 3.52. The van der Waals surface area contributed by atoms with Gasteiger partial charge in [0.25, 0.3) is 0 Å². The Morgan fingerprint density at radius 1 is 1.19 bits per heavy atom. The standard InChI is InChI=1S/C17H20N2O2/c1-12-3-6-16(17(9-12)20-2)21-15-7-8-18-10-13(15)11-19-14-4-5-14/h3,6-10,14,19H,4-5,11H2,1-2H3. The zero-order chi connectivity index (χ0) is 14.7. The van der Waals surface area contributed by atoms with Crippen molar-refractivity contribution in [2.24, 2.45) is 0 Å². The molecule has 0 unspecified atom stereocenters. The fourth-order valence-electron chi connectivity index (χ4n) is 2.17. The molecule has 2 aromatic rings. The summed E-state index contributed by atoms with van der Waals surface area (Å²) in [6, 6.07) is 8.47. The number of nitrogens with one attached hydrogen (secondary N) is 1. The fourth-order valence-corrected chi connectivity index (χ4v) is 2.17. The number of hydrogen-bond donors (Lipinski definition) is 1. The summed E-state index contributed by atoms with van der Waals surface area (Å²) in [5, 5.41) is 3.49. The van der Waals surface area contributed by atoms with E-state index >= 15 is 0 Å². The number of benzene rings is 1. The molecule has 1 aromatic carbocycles. The minimum absolute atomic E-state index is 0.659. The van der Waals surface area contributed by atoms with Gasteiger partial charge < -0.3 is 14.8 Å². The number of aryl methyl sites for hydroxylation is 1. The summed E-state index contributed by atoms with van der Waals surface area (Å²) < 4.78 is 11.4. The first-order valence-electron chi connectivity index (χ1n) is 7.25. The molecule has 110 valence electrons. The van der Waals surface area contributed by atoms with Crippen molar-refractivity contribution in [2.45, 2.75) is 32.4 Å². The lowest BCUT2D eigenvalue weighted by atomic mass is 10.2. The van der Waals surface area contributed by atoms with E-state index in [0.717, 1.165) is 34.9 Å². The summed E-state index contributed by atoms with van der Waals surface area (Å²) >= 11 is 0. The number of pyridine rings is 1. The summed E-state index contributed by atoms with van der Waals surface area (Å²) in [5.41, 5.74) is 2.21. The topological polar surface area (TPSA) is 43.4 Å². The van der Waals surface area contributed by atoms with Gasteiger partial charge in [-0.25, -0.2) is 0 Å². The van der Waals surface area contributed by atoms with Crippen LogP contribution in [0.25, 0.3) is 0 Å². The summed E-state index contributed by atoms with van der Waals surface area (Å²) in [7, 11) is 1.66. The zero-order valence-electron chi connectivity index (χ0n) is 12.4. The number of rotatable bonds is 6. The van der Waals surface area contributed by atoms with Crippen molar-refractivity contribution in [1.29, 1.82) is 0 Å². The van der Waals surface area contributed by atoms with Crippen molar-refractivity contribution in [1.82, 2.24) is 10.3 Å². The molecule has 1 aliphatic carbocycles. The minimum Gasteiger partial charge on any atom is -0.493 e. The van der Waals surface area contributed by atoms with Gasteiger partial charge in [-0.3, -0.25) is 4.98 Å². The van der Waals surface area contributed by atoms with Crippen LogP contribution in [0, 0.1) is 6.92 Å². The largest absolute Gasteiger partial charge is 0.493 e. The number of ether oxygens (including phenoxy) is 2. The van der Waals surface area contributed by atoms with Gasteiger partial charge in [0.2, 0.25) is 0 Å². The molecular weight excluding hydrogens is 264 g/mol. The highest BCUT2D eigenvalue weighted by molar-refractivity contribution is 5.46. The van der Waals surface area contributed by atoms with Gasteiger partial charge in [-0.15, -0.1) is 0 Å². The third-order valence-electron chi connectivity index (χ3n) is 3.56. The SMILES string of the molecule is COc1cc(C)ccc1Oc1ccncc1CNC1CC1. The van der Waals surface area contributed by atoms with Gasteiger partial charge >= 0.3 is 0 Å². The molecule has 0 saturated heterocycles. The highest BCUT2D eigenvalue weighted by atomic mass is 16.5. The Kier molecular flexibility index (Phi) is 4.06. The maximum atomic E-state index is 6.03. The summed E-state index contributed by atoms with van der Waals surface area (Å²) in [6.45, 7) is 2.81. The number of hydrogen-bond acceptors (Lipinski definition) is 4. The Hall–Kier alpha value is -2.07. The van der Waals surface area contributed by atoms with Crippen LogP contribution in [-0.4, -0.2) is 18.1 Å². The average Bonchev–Trinajstić information content (AvgIpc) is 3.32. The molecule has 0 radical (unpaired) electrons. The quantitative estimate of drug-likeness (QED) is 0.882. The highest BCUT2D eigenvalue weighted by Crippen LogP contribution is 2.33. The van der Waals surface area contributed by atoms with Gasteiger partial charge in [0.15, 0.2) is 11.5 Å². The van der Waals surface area contributed by atoms with E-state index in [0.29, 0.717) is 6.04 Å². The van der Waals surface area contributed by atoms with Crippen LogP contribution in [0.15, 0.2) is 36.7 Å². The average molecular weight is 284 g/mol. The molecular formula is C17H20N2O2. The Morgan fingerprint density at radius 2 is 2.05 bits per heavy atom. The molecule has 1 heterocycles. The van der Waals surface area contributed by atoms with Crippen LogP contribution in [0.2, 0.25) is 0 Å². The lowest BCUT2D eigenvalue weighted by molar-refractivity contribution is 0.376. The second-order valence-corrected chi connectivity index (χ2v) is 5.39. The lowest BCUT2D eigenvalue weighted by Crippen LogP contribution is -2.15. The van der Waals surface area contributed by atoms with Crippen molar-refractivity contribution >= 4 is 0 Å². The van der Waals surface area contributed by atoms with Crippen LogP contribution >= 0.6 is 0 Å². The van der Waals surface area contributed by atoms with Crippen molar-refractivity contribution < 1.29 is 9.47 Å². The van der Waals surface area contributed by atoms with Crippen LogP contribution in [0.1, 0.15) is 24.0 Å². The zero-order valence-corrected chi connectivity index (χ0v) is 12.4. The molecule has 0 amide bonds. The predicted octanol–water partition coefficient (Wildman–Crippen LogP) is 3.44. The number of aromatic nitrogens is 1. The van der Waals surface area contributed by atoms with Crippen LogP contribution < -0.4 is 14.8 Å². The molecule has 1 fully saturated rings. The van der Waals surface area contributed by atoms with Crippen LogP contribution in [0.4, 0.5) is 0 Å². The van der Waals surface area contributed by atoms with Crippen LogP contribution in [0.5, 0.6) is 17.2 Å². The summed E-state index contributed by atoms with van der Waals surface area (Å²) in [4.78, 5) is 4.19. The van der Waals surface area contributed by atoms with Gasteiger partial charge in [-0.1, -0.05) is 6.07 Å². The molecule has 1 aliphatic rings. The van der Waals surface area contributed by atoms with Crippen LogP contribution in [-0.2, 0) is 6.54 Å². The number of nitrogens with zero attached hydrogens (tertiary/aromatic N) is 1. The van der Waals surface area contributed by atoms with Gasteiger partial charge in [0.05, 0.1) is 7.11 Å².